The van der Waals surface area contributed by atoms with Crippen LogP contribution in [0.25, 0.3) is 0 Å². The van der Waals surface area contributed by atoms with Gasteiger partial charge in [-0.2, -0.15) is 0 Å². The Balaban J connectivity index is 2.37. The van der Waals surface area contributed by atoms with Crippen molar-refractivity contribution >= 4 is 12.0 Å². The smallest absolute Gasteiger partial charge is 0.407 e. The molecule has 1 aliphatic carbocycles. The summed E-state index contributed by atoms with van der Waals surface area (Å²) in [5.74, 6) is -0.264. The van der Waals surface area contributed by atoms with E-state index in [0.717, 1.165) is 25.7 Å². The first-order valence-corrected chi connectivity index (χ1v) is 6.26. The highest BCUT2D eigenvalue weighted by atomic mass is 16.5. The molecule has 18 heavy (non-hydrogen) atoms. The molecule has 0 bridgehead atoms. The molecule has 1 unspecified atom stereocenters. The predicted octanol–water partition coefficient (Wildman–Crippen LogP) is 0.400. The van der Waals surface area contributed by atoms with Crippen molar-refractivity contribution in [1.29, 1.82) is 0 Å². The fraction of sp³-hybridized carbons (Fsp3) is 0.833. The van der Waals surface area contributed by atoms with Gasteiger partial charge in [-0.25, -0.2) is 4.79 Å². The SMILES string of the molecule is COC(=O)NC(C)C(=O)NCC1(CO)CCCC1. The first kappa shape index (κ1) is 14.8. The van der Waals surface area contributed by atoms with Gasteiger partial charge in [0, 0.05) is 12.0 Å². The van der Waals surface area contributed by atoms with Crippen LogP contribution in [0.15, 0.2) is 0 Å². The van der Waals surface area contributed by atoms with Crippen molar-refractivity contribution in [3.05, 3.63) is 0 Å². The Bertz CT molecular complexity index is 300. The van der Waals surface area contributed by atoms with Gasteiger partial charge in [-0.15, -0.1) is 0 Å². The molecular formula is C12H22N2O4. The number of nitrogens with one attached hydrogen (secondary N) is 2. The van der Waals surface area contributed by atoms with Crippen molar-refractivity contribution in [3.63, 3.8) is 0 Å². The van der Waals surface area contributed by atoms with Gasteiger partial charge in [-0.3, -0.25) is 4.79 Å². The van der Waals surface area contributed by atoms with Crippen molar-refractivity contribution in [3.8, 4) is 0 Å². The van der Waals surface area contributed by atoms with Gasteiger partial charge in [0.15, 0.2) is 0 Å². The van der Waals surface area contributed by atoms with E-state index in [2.05, 4.69) is 15.4 Å². The van der Waals surface area contributed by atoms with Gasteiger partial charge in [-0.05, 0) is 19.8 Å². The molecule has 2 amide bonds. The lowest BCUT2D eigenvalue weighted by atomic mass is 9.87. The van der Waals surface area contributed by atoms with Crippen LogP contribution >= 0.6 is 0 Å². The predicted molar refractivity (Wildman–Crippen MR) is 66.0 cm³/mol. The first-order valence-electron chi connectivity index (χ1n) is 6.26. The lowest BCUT2D eigenvalue weighted by Gasteiger charge is -2.27. The van der Waals surface area contributed by atoms with Gasteiger partial charge < -0.3 is 20.5 Å². The number of aliphatic hydroxyl groups is 1. The number of aliphatic hydroxyl groups excluding tert-OH is 1. The van der Waals surface area contributed by atoms with E-state index in [1.807, 2.05) is 0 Å². The van der Waals surface area contributed by atoms with Crippen LogP contribution in [0.4, 0.5) is 4.79 Å². The zero-order valence-electron chi connectivity index (χ0n) is 11.0. The molecule has 0 heterocycles. The minimum atomic E-state index is -0.644. The first-order chi connectivity index (χ1) is 8.53. The number of ether oxygens (including phenoxy) is 1. The van der Waals surface area contributed by atoms with Gasteiger partial charge >= 0.3 is 6.09 Å². The molecule has 0 saturated heterocycles. The fourth-order valence-corrected chi connectivity index (χ4v) is 2.24. The largest absolute Gasteiger partial charge is 0.453 e. The molecule has 1 saturated carbocycles. The van der Waals surface area contributed by atoms with E-state index in [0.29, 0.717) is 6.54 Å². The number of rotatable bonds is 5. The number of amides is 2. The Hall–Kier alpha value is -1.30. The monoisotopic (exact) mass is 258 g/mol. The lowest BCUT2D eigenvalue weighted by molar-refractivity contribution is -0.123. The van der Waals surface area contributed by atoms with E-state index < -0.39 is 12.1 Å². The van der Waals surface area contributed by atoms with E-state index >= 15 is 0 Å². The van der Waals surface area contributed by atoms with Crippen molar-refractivity contribution in [1.82, 2.24) is 10.6 Å². The third-order valence-corrected chi connectivity index (χ3v) is 3.55. The number of carbonyl (C=O) groups is 2. The fourth-order valence-electron chi connectivity index (χ4n) is 2.24. The number of hydrogen-bond donors (Lipinski definition) is 3. The molecule has 0 aromatic heterocycles. The number of alkyl carbamates (subject to hydrolysis) is 1. The lowest BCUT2D eigenvalue weighted by Crippen LogP contribution is -2.48. The van der Waals surface area contributed by atoms with Crippen LogP contribution in [0.5, 0.6) is 0 Å². The van der Waals surface area contributed by atoms with E-state index in [-0.39, 0.29) is 17.9 Å². The second-order valence-corrected chi connectivity index (χ2v) is 4.94. The van der Waals surface area contributed by atoms with E-state index in [1.54, 1.807) is 6.92 Å². The van der Waals surface area contributed by atoms with Gasteiger partial charge in [0.05, 0.1) is 13.7 Å². The molecule has 0 aromatic rings. The average molecular weight is 258 g/mol. The Morgan fingerprint density at radius 1 is 1.39 bits per heavy atom. The maximum atomic E-state index is 11.7. The van der Waals surface area contributed by atoms with Crippen LogP contribution in [-0.4, -0.2) is 43.4 Å². The van der Waals surface area contributed by atoms with Gasteiger partial charge in [0.1, 0.15) is 6.04 Å². The zero-order valence-corrected chi connectivity index (χ0v) is 11.0. The molecule has 0 spiro atoms. The summed E-state index contributed by atoms with van der Waals surface area (Å²) >= 11 is 0. The highest BCUT2D eigenvalue weighted by molar-refractivity contribution is 5.85. The summed E-state index contributed by atoms with van der Waals surface area (Å²) < 4.78 is 4.42. The van der Waals surface area contributed by atoms with Crippen LogP contribution in [0.1, 0.15) is 32.6 Å². The van der Waals surface area contributed by atoms with Crippen molar-refractivity contribution in [2.45, 2.75) is 38.6 Å². The summed E-state index contributed by atoms with van der Waals surface area (Å²) in [7, 11) is 1.25. The Labute approximate surface area is 107 Å². The second-order valence-electron chi connectivity index (χ2n) is 4.94. The Morgan fingerprint density at radius 3 is 2.50 bits per heavy atom. The molecule has 1 rings (SSSR count). The third kappa shape index (κ3) is 3.87. The van der Waals surface area contributed by atoms with Gasteiger partial charge in [0.2, 0.25) is 5.91 Å². The normalized spacial score (nSPS) is 19.1. The molecule has 0 aliphatic heterocycles. The van der Waals surface area contributed by atoms with Crippen molar-refractivity contribution < 1.29 is 19.4 Å². The van der Waals surface area contributed by atoms with Gasteiger partial charge in [-0.1, -0.05) is 12.8 Å². The molecule has 0 radical (unpaired) electrons. The van der Waals surface area contributed by atoms with Crippen LogP contribution in [-0.2, 0) is 9.53 Å². The average Bonchev–Trinajstić information content (AvgIpc) is 2.85. The van der Waals surface area contributed by atoms with Crippen LogP contribution in [0.3, 0.4) is 0 Å². The molecule has 6 nitrogen and oxygen atoms in total. The maximum Gasteiger partial charge on any atom is 0.407 e. The summed E-state index contributed by atoms with van der Waals surface area (Å²) in [6, 6.07) is -0.644. The minimum Gasteiger partial charge on any atom is -0.453 e. The summed E-state index contributed by atoms with van der Waals surface area (Å²) in [5.41, 5.74) is -0.180. The third-order valence-electron chi connectivity index (χ3n) is 3.55. The van der Waals surface area contributed by atoms with Crippen molar-refractivity contribution in [2.75, 3.05) is 20.3 Å². The molecule has 1 aliphatic rings. The number of hydrogen-bond acceptors (Lipinski definition) is 4. The maximum absolute atomic E-state index is 11.7. The van der Waals surface area contributed by atoms with E-state index in [4.69, 9.17) is 0 Å². The van der Waals surface area contributed by atoms with Gasteiger partial charge in [0.25, 0.3) is 0 Å². The van der Waals surface area contributed by atoms with Crippen LogP contribution in [0.2, 0.25) is 0 Å². The molecule has 1 atom stereocenters. The van der Waals surface area contributed by atoms with Crippen LogP contribution in [0, 0.1) is 5.41 Å². The molecule has 3 N–H and O–H groups in total. The minimum absolute atomic E-state index is 0.0894. The molecule has 0 aromatic carbocycles. The Morgan fingerprint density at radius 2 is 2.00 bits per heavy atom. The molecular weight excluding hydrogens is 236 g/mol. The topological polar surface area (TPSA) is 87.7 Å². The zero-order chi connectivity index (χ0) is 13.6. The summed E-state index contributed by atoms with van der Waals surface area (Å²) in [6.07, 6.45) is 3.42. The summed E-state index contributed by atoms with van der Waals surface area (Å²) in [5, 5.41) is 14.6. The highest BCUT2D eigenvalue weighted by Gasteiger charge is 2.33. The second kappa shape index (κ2) is 6.58. The highest BCUT2D eigenvalue weighted by Crippen LogP contribution is 2.36. The number of methoxy groups -OCH3 is 1. The van der Waals surface area contributed by atoms with E-state index in [1.165, 1.54) is 7.11 Å². The number of carbonyl (C=O) groups excluding carboxylic acids is 2. The quantitative estimate of drug-likeness (QED) is 0.666. The molecule has 1 fully saturated rings. The standard InChI is InChI=1S/C12H22N2O4/c1-9(14-11(17)18-2)10(16)13-7-12(8-15)5-3-4-6-12/h9,15H,3-8H2,1-2H3,(H,13,16)(H,14,17). The van der Waals surface area contributed by atoms with E-state index in [9.17, 15) is 14.7 Å². The van der Waals surface area contributed by atoms with Crippen molar-refractivity contribution in [2.24, 2.45) is 5.41 Å². The van der Waals surface area contributed by atoms with Crippen LogP contribution < -0.4 is 10.6 Å². The summed E-state index contributed by atoms with van der Waals surface area (Å²) in [6.45, 7) is 2.13. The Kier molecular flexibility index (Phi) is 5.40. The molecule has 104 valence electrons. The summed E-state index contributed by atoms with van der Waals surface area (Å²) in [4.78, 5) is 22.7. The molecule has 6 heteroatoms.